The van der Waals surface area contributed by atoms with E-state index < -0.39 is 6.17 Å². The van der Waals surface area contributed by atoms with E-state index in [4.69, 9.17) is 16.6 Å². The van der Waals surface area contributed by atoms with Crippen LogP contribution in [0.4, 0.5) is 0 Å². The molecule has 0 fully saturated rings. The van der Waals surface area contributed by atoms with Gasteiger partial charge in [-0.25, -0.2) is 5.01 Å². The molecule has 2 aliphatic heterocycles. The number of thioether (sulfide) groups is 1. The molecule has 0 saturated carbocycles. The number of rotatable bonds is 2. The molecule has 1 amide bonds. The molecular weight excluding hydrogens is 368 g/mol. The second kappa shape index (κ2) is 6.97. The molecule has 0 radical (unpaired) electrons. The zero-order valence-corrected chi connectivity index (χ0v) is 15.5. The molecule has 7 heteroatoms. The van der Waals surface area contributed by atoms with Crippen LogP contribution in [0.5, 0.6) is 0 Å². The molecule has 130 valence electrons. The lowest BCUT2D eigenvalue weighted by molar-refractivity contribution is -0.116. The lowest BCUT2D eigenvalue weighted by Crippen LogP contribution is -2.52. The molecule has 2 aliphatic rings. The Hall–Kier alpha value is -2.57. The van der Waals surface area contributed by atoms with Crippen LogP contribution in [0.3, 0.4) is 0 Å². The summed E-state index contributed by atoms with van der Waals surface area (Å²) in [5.41, 5.74) is 1.51. The predicted octanol–water partition coefficient (Wildman–Crippen LogP) is 2.19. The van der Waals surface area contributed by atoms with Crippen molar-refractivity contribution >= 4 is 46.2 Å². The van der Waals surface area contributed by atoms with Crippen LogP contribution in [0.25, 0.3) is 11.8 Å². The summed E-state index contributed by atoms with van der Waals surface area (Å²) < 4.78 is 0. The number of carbonyl (C=O) groups is 1. The Kier molecular flexibility index (Phi) is 4.53. The number of amides is 1. The topological polar surface area (TPSA) is 57.1 Å². The van der Waals surface area contributed by atoms with E-state index in [2.05, 4.69) is 10.4 Å². The third-order valence-corrected chi connectivity index (χ3v) is 4.86. The van der Waals surface area contributed by atoms with Gasteiger partial charge in [-0.3, -0.25) is 15.1 Å². The molecule has 0 bridgehead atoms. The summed E-state index contributed by atoms with van der Waals surface area (Å²) in [6.07, 6.45) is 5.37. The van der Waals surface area contributed by atoms with E-state index in [-0.39, 0.29) is 5.91 Å². The molecule has 0 spiro atoms. The van der Waals surface area contributed by atoms with Crippen molar-refractivity contribution in [2.45, 2.75) is 6.17 Å². The summed E-state index contributed by atoms with van der Waals surface area (Å²) in [5.74, 6) is -0.208. The highest BCUT2D eigenvalue weighted by molar-refractivity contribution is 8.13. The monoisotopic (exact) mass is 382 g/mol. The van der Waals surface area contributed by atoms with E-state index >= 15 is 0 Å². The van der Waals surface area contributed by atoms with Gasteiger partial charge in [0.05, 0.1) is 5.36 Å². The van der Waals surface area contributed by atoms with Crippen LogP contribution in [0.1, 0.15) is 5.56 Å². The van der Waals surface area contributed by atoms with Gasteiger partial charge in [0, 0.05) is 10.2 Å². The van der Waals surface area contributed by atoms with Gasteiger partial charge in [-0.2, -0.15) is 0 Å². The second-order valence-electron chi connectivity index (χ2n) is 5.73. The quantitative estimate of drug-likeness (QED) is 0.866. The highest BCUT2D eigenvalue weighted by Gasteiger charge is 2.32. The lowest BCUT2D eigenvalue weighted by atomic mass is 10.1. The first-order chi connectivity index (χ1) is 12.7. The van der Waals surface area contributed by atoms with Crippen LogP contribution in [-0.4, -0.2) is 28.5 Å². The van der Waals surface area contributed by atoms with Crippen LogP contribution < -0.4 is 15.9 Å². The number of hydrogen-bond acceptors (Lipinski definition) is 5. The normalized spacial score (nSPS) is 18.8. The molecule has 0 aliphatic carbocycles. The van der Waals surface area contributed by atoms with Gasteiger partial charge in [-0.05, 0) is 36.1 Å². The van der Waals surface area contributed by atoms with Crippen molar-refractivity contribution in [2.24, 2.45) is 10.1 Å². The molecule has 1 atom stereocenters. The minimum Gasteiger partial charge on any atom is -0.298 e. The minimum atomic E-state index is -0.410. The Morgan fingerprint density at radius 2 is 2.04 bits per heavy atom. The number of fused-ring (bicyclic) bond motifs is 2. The van der Waals surface area contributed by atoms with E-state index in [9.17, 15) is 4.79 Å². The van der Waals surface area contributed by atoms with Crippen molar-refractivity contribution in [1.82, 2.24) is 10.3 Å². The second-order valence-corrected chi connectivity index (χ2v) is 6.96. The van der Waals surface area contributed by atoms with E-state index in [1.165, 1.54) is 11.8 Å². The minimum absolute atomic E-state index is 0.208. The van der Waals surface area contributed by atoms with Gasteiger partial charge in [-0.1, -0.05) is 59.8 Å². The van der Waals surface area contributed by atoms with Crippen molar-refractivity contribution < 1.29 is 4.79 Å². The number of nitrogens with zero attached hydrogens (tertiary/aromatic N) is 3. The summed E-state index contributed by atoms with van der Waals surface area (Å²) >= 11 is 7.51. The number of nitrogens with one attached hydrogen (secondary N) is 1. The number of benzene rings is 2. The highest BCUT2D eigenvalue weighted by Crippen LogP contribution is 2.21. The van der Waals surface area contributed by atoms with Gasteiger partial charge >= 0.3 is 0 Å². The summed E-state index contributed by atoms with van der Waals surface area (Å²) in [4.78, 5) is 17.5. The van der Waals surface area contributed by atoms with Crippen molar-refractivity contribution in [2.75, 3.05) is 6.26 Å². The van der Waals surface area contributed by atoms with Crippen LogP contribution in [-0.2, 0) is 4.79 Å². The van der Waals surface area contributed by atoms with Crippen LogP contribution in [0.15, 0.2) is 64.7 Å². The Labute approximate surface area is 159 Å². The maximum Gasteiger partial charge on any atom is 0.276 e. The third kappa shape index (κ3) is 3.13. The zero-order valence-electron chi connectivity index (χ0n) is 13.9. The number of amidine groups is 1. The van der Waals surface area contributed by atoms with Gasteiger partial charge < -0.3 is 0 Å². The van der Waals surface area contributed by atoms with Crippen molar-refractivity contribution in [3.05, 3.63) is 75.8 Å². The van der Waals surface area contributed by atoms with Crippen molar-refractivity contribution in [3.8, 4) is 0 Å². The van der Waals surface area contributed by atoms with Gasteiger partial charge in [-0.15, -0.1) is 5.10 Å². The molecule has 4 rings (SSSR count). The Bertz CT molecular complexity index is 1050. The SMILES string of the molecule is CSC1=NN2C(=c3cc(Cl)ccc3=N[C@@H]2/C=C/c2ccccc2)C(=O)N1. The first-order valence-electron chi connectivity index (χ1n) is 8.00. The number of hydrogen-bond donors (Lipinski definition) is 1. The van der Waals surface area contributed by atoms with E-state index in [0.29, 0.717) is 21.1 Å². The van der Waals surface area contributed by atoms with E-state index in [1.54, 1.807) is 17.1 Å². The van der Waals surface area contributed by atoms with Crippen LogP contribution >= 0.6 is 23.4 Å². The van der Waals surface area contributed by atoms with E-state index in [0.717, 1.165) is 10.9 Å². The maximum atomic E-state index is 12.7. The maximum absolute atomic E-state index is 12.7. The first-order valence-corrected chi connectivity index (χ1v) is 9.60. The predicted molar refractivity (Wildman–Crippen MR) is 106 cm³/mol. The molecule has 2 heterocycles. The summed E-state index contributed by atoms with van der Waals surface area (Å²) in [6, 6.07) is 15.3. The molecule has 2 aromatic rings. The fourth-order valence-corrected chi connectivity index (χ4v) is 3.39. The number of carbonyl (C=O) groups excluding carboxylic acids is 1. The molecule has 0 saturated heterocycles. The molecule has 0 unspecified atom stereocenters. The first kappa shape index (κ1) is 16.9. The molecule has 5 nitrogen and oxygen atoms in total. The van der Waals surface area contributed by atoms with Gasteiger partial charge in [0.15, 0.2) is 11.3 Å². The molecular formula is C19H15ClN4OS. The lowest BCUT2D eigenvalue weighted by Gasteiger charge is -2.32. The van der Waals surface area contributed by atoms with E-state index in [1.807, 2.05) is 54.8 Å². The van der Waals surface area contributed by atoms with Crippen LogP contribution in [0.2, 0.25) is 5.02 Å². The fraction of sp³-hybridized carbons (Fsp3) is 0.105. The third-order valence-electron chi connectivity index (χ3n) is 4.05. The average molecular weight is 383 g/mol. The highest BCUT2D eigenvalue weighted by atomic mass is 35.5. The van der Waals surface area contributed by atoms with Gasteiger partial charge in [0.25, 0.3) is 5.91 Å². The smallest absolute Gasteiger partial charge is 0.276 e. The van der Waals surface area contributed by atoms with Crippen molar-refractivity contribution in [1.29, 1.82) is 0 Å². The largest absolute Gasteiger partial charge is 0.298 e. The number of halogens is 1. The fourth-order valence-electron chi connectivity index (χ4n) is 2.86. The van der Waals surface area contributed by atoms with Gasteiger partial charge in [0.2, 0.25) is 0 Å². The Balaban J connectivity index is 1.86. The Morgan fingerprint density at radius 1 is 1.23 bits per heavy atom. The van der Waals surface area contributed by atoms with Gasteiger partial charge in [0.1, 0.15) is 5.70 Å². The summed E-state index contributed by atoms with van der Waals surface area (Å²) in [7, 11) is 0. The molecule has 26 heavy (non-hydrogen) atoms. The van der Waals surface area contributed by atoms with Crippen LogP contribution in [0, 0.1) is 0 Å². The molecule has 0 aromatic heterocycles. The average Bonchev–Trinajstić information content (AvgIpc) is 2.66. The summed E-state index contributed by atoms with van der Waals surface area (Å²) in [6.45, 7) is 0. The molecule has 1 N–H and O–H groups in total. The zero-order chi connectivity index (χ0) is 18.1. The van der Waals surface area contributed by atoms with Crippen molar-refractivity contribution in [3.63, 3.8) is 0 Å². The standard InChI is InChI=1S/C19H15ClN4OS/c1-26-19-22-18(25)17-14-11-13(20)8-9-15(14)21-16(24(17)23-19)10-7-12-5-3-2-4-6-12/h2-11,16H,1H3,(H,22,23,25)/b10-7+/t16-/m0/s1. The number of hydrazone groups is 1. The Morgan fingerprint density at radius 3 is 2.81 bits per heavy atom. The molecule has 2 aromatic carbocycles. The summed E-state index contributed by atoms with van der Waals surface area (Å²) in [5, 5.41) is 11.5.